The van der Waals surface area contributed by atoms with E-state index in [9.17, 15) is 13.2 Å². The monoisotopic (exact) mass is 468 g/mol. The zero-order valence-electron chi connectivity index (χ0n) is 18.4. The Labute approximate surface area is 189 Å². The molecule has 9 heteroatoms. The third-order valence-corrected chi connectivity index (χ3v) is 6.11. The molecule has 31 heavy (non-hydrogen) atoms. The van der Waals surface area contributed by atoms with Crippen LogP contribution >= 0.6 is 11.6 Å². The van der Waals surface area contributed by atoms with Gasteiger partial charge in [-0.05, 0) is 55.7 Å². The van der Waals surface area contributed by atoms with Gasteiger partial charge in [0.05, 0.1) is 25.6 Å². The first-order valence-electron chi connectivity index (χ1n) is 9.89. The minimum absolute atomic E-state index is 0.214. The molecule has 0 spiro atoms. The molecule has 170 valence electrons. The van der Waals surface area contributed by atoms with E-state index in [1.165, 1.54) is 13.2 Å². The molecule has 0 aliphatic carbocycles. The maximum atomic E-state index is 12.9. The maximum absolute atomic E-state index is 12.9. The molecule has 2 aromatic carbocycles. The number of amides is 1. The summed E-state index contributed by atoms with van der Waals surface area (Å²) in [6.45, 7) is 6.15. The third kappa shape index (κ3) is 6.51. The number of sulfonamides is 1. The highest BCUT2D eigenvalue weighted by atomic mass is 35.5. The first kappa shape index (κ1) is 24.8. The number of nitrogens with one attached hydrogen (secondary N) is 1. The van der Waals surface area contributed by atoms with Crippen molar-refractivity contribution in [1.82, 2.24) is 5.32 Å². The number of ether oxygens (including phenoxy) is 2. The number of anilines is 1. The Bertz CT molecular complexity index is 1030. The Morgan fingerprint density at radius 2 is 1.87 bits per heavy atom. The Hall–Kier alpha value is -2.45. The fourth-order valence-electron chi connectivity index (χ4n) is 3.19. The van der Waals surface area contributed by atoms with Crippen LogP contribution in [-0.2, 0) is 14.8 Å². The molecule has 0 saturated heterocycles. The topological polar surface area (TPSA) is 84.9 Å². The number of aryl methyl sites for hydroxylation is 2. The maximum Gasteiger partial charge on any atom is 0.244 e. The number of carbonyl (C=O) groups is 1. The van der Waals surface area contributed by atoms with Crippen LogP contribution < -0.4 is 19.1 Å². The van der Waals surface area contributed by atoms with Crippen LogP contribution in [0.2, 0.25) is 5.02 Å². The fourth-order valence-corrected chi connectivity index (χ4v) is 4.56. The zero-order chi connectivity index (χ0) is 23.2. The summed E-state index contributed by atoms with van der Waals surface area (Å²) in [4.78, 5) is 12.9. The lowest BCUT2D eigenvalue weighted by Gasteiger charge is -2.31. The van der Waals surface area contributed by atoms with Crippen molar-refractivity contribution in [2.24, 2.45) is 0 Å². The van der Waals surface area contributed by atoms with Crippen LogP contribution in [0.3, 0.4) is 0 Å². The average Bonchev–Trinajstić information content (AvgIpc) is 2.70. The van der Waals surface area contributed by atoms with Crippen molar-refractivity contribution in [2.75, 3.05) is 30.8 Å². The lowest BCUT2D eigenvalue weighted by atomic mass is 10.1. The normalized spacial score (nSPS) is 12.2. The first-order valence-corrected chi connectivity index (χ1v) is 12.1. The number of halogens is 1. The van der Waals surface area contributed by atoms with Gasteiger partial charge in [0.15, 0.2) is 0 Å². The molecule has 0 saturated carbocycles. The van der Waals surface area contributed by atoms with Crippen LogP contribution in [0.15, 0.2) is 36.4 Å². The van der Waals surface area contributed by atoms with Crippen molar-refractivity contribution in [2.45, 2.75) is 33.2 Å². The average molecular weight is 469 g/mol. The molecule has 1 unspecified atom stereocenters. The van der Waals surface area contributed by atoms with E-state index in [0.29, 0.717) is 10.8 Å². The predicted octanol–water partition coefficient (Wildman–Crippen LogP) is 3.71. The number of nitrogens with zero attached hydrogens (tertiary/aromatic N) is 1. The SMILES string of the molecule is CCC(C(=O)NCCOc1cc(C)ccc1C)N(c1cc(Cl)ccc1OC)S(C)(=O)=O. The molecule has 1 amide bonds. The second-order valence-electron chi connectivity index (χ2n) is 7.21. The summed E-state index contributed by atoms with van der Waals surface area (Å²) in [6, 6.07) is 9.57. The Kier molecular flexibility index (Phi) is 8.59. The summed E-state index contributed by atoms with van der Waals surface area (Å²) in [5.74, 6) is 0.626. The molecule has 0 bridgehead atoms. The molecular weight excluding hydrogens is 440 g/mol. The predicted molar refractivity (Wildman–Crippen MR) is 124 cm³/mol. The number of methoxy groups -OCH3 is 1. The van der Waals surface area contributed by atoms with Crippen LogP contribution in [0.4, 0.5) is 5.69 Å². The number of carbonyl (C=O) groups excluding carboxylic acids is 1. The number of benzene rings is 2. The van der Waals surface area contributed by atoms with E-state index in [1.54, 1.807) is 19.1 Å². The van der Waals surface area contributed by atoms with Crippen LogP contribution in [0.1, 0.15) is 24.5 Å². The van der Waals surface area contributed by atoms with Crippen molar-refractivity contribution >= 4 is 33.2 Å². The van der Waals surface area contributed by atoms with Gasteiger partial charge in [-0.15, -0.1) is 0 Å². The summed E-state index contributed by atoms with van der Waals surface area (Å²) in [5.41, 5.74) is 2.29. The van der Waals surface area contributed by atoms with Crippen LogP contribution in [-0.4, -0.2) is 46.9 Å². The molecule has 0 aliphatic rings. The van der Waals surface area contributed by atoms with E-state index in [0.717, 1.165) is 27.4 Å². The third-order valence-electron chi connectivity index (χ3n) is 4.71. The van der Waals surface area contributed by atoms with E-state index < -0.39 is 22.0 Å². The Morgan fingerprint density at radius 1 is 1.16 bits per heavy atom. The molecule has 7 nitrogen and oxygen atoms in total. The van der Waals surface area contributed by atoms with Gasteiger partial charge in [0.25, 0.3) is 0 Å². The fraction of sp³-hybridized carbons (Fsp3) is 0.409. The van der Waals surface area contributed by atoms with Crippen LogP contribution in [0.5, 0.6) is 11.5 Å². The molecule has 2 rings (SSSR count). The van der Waals surface area contributed by atoms with Crippen molar-refractivity contribution < 1.29 is 22.7 Å². The van der Waals surface area contributed by atoms with E-state index in [4.69, 9.17) is 21.1 Å². The summed E-state index contributed by atoms with van der Waals surface area (Å²) < 4.78 is 37.4. The second-order valence-corrected chi connectivity index (χ2v) is 9.50. The van der Waals surface area contributed by atoms with Gasteiger partial charge in [0.1, 0.15) is 24.1 Å². The molecule has 1 N–H and O–H groups in total. The highest BCUT2D eigenvalue weighted by Gasteiger charge is 2.33. The zero-order valence-corrected chi connectivity index (χ0v) is 20.0. The van der Waals surface area contributed by atoms with E-state index in [2.05, 4.69) is 5.32 Å². The van der Waals surface area contributed by atoms with Gasteiger partial charge in [-0.2, -0.15) is 0 Å². The van der Waals surface area contributed by atoms with E-state index in [1.807, 2.05) is 32.0 Å². The summed E-state index contributed by atoms with van der Waals surface area (Å²) in [5, 5.41) is 3.10. The van der Waals surface area contributed by atoms with Crippen LogP contribution in [0.25, 0.3) is 0 Å². The van der Waals surface area contributed by atoms with E-state index in [-0.39, 0.29) is 25.3 Å². The number of rotatable bonds is 10. The molecule has 0 radical (unpaired) electrons. The molecule has 0 aliphatic heterocycles. The molecule has 2 aromatic rings. The molecule has 1 atom stereocenters. The molecule has 0 aromatic heterocycles. The van der Waals surface area contributed by atoms with Crippen molar-refractivity contribution in [3.8, 4) is 11.5 Å². The number of hydrogen-bond acceptors (Lipinski definition) is 5. The minimum Gasteiger partial charge on any atom is -0.495 e. The van der Waals surface area contributed by atoms with Gasteiger partial charge in [0.2, 0.25) is 15.9 Å². The van der Waals surface area contributed by atoms with E-state index >= 15 is 0 Å². The highest BCUT2D eigenvalue weighted by molar-refractivity contribution is 7.92. The largest absolute Gasteiger partial charge is 0.495 e. The van der Waals surface area contributed by atoms with Gasteiger partial charge in [-0.25, -0.2) is 8.42 Å². The smallest absolute Gasteiger partial charge is 0.244 e. The summed E-state index contributed by atoms with van der Waals surface area (Å²) in [7, 11) is -2.38. The van der Waals surface area contributed by atoms with Gasteiger partial charge in [-0.3, -0.25) is 9.10 Å². The van der Waals surface area contributed by atoms with Crippen LogP contribution in [0, 0.1) is 13.8 Å². The molecule has 0 heterocycles. The quantitative estimate of drug-likeness (QED) is 0.537. The Morgan fingerprint density at radius 3 is 2.48 bits per heavy atom. The van der Waals surface area contributed by atoms with Gasteiger partial charge < -0.3 is 14.8 Å². The van der Waals surface area contributed by atoms with Gasteiger partial charge in [0, 0.05) is 5.02 Å². The Balaban J connectivity index is 2.16. The molecule has 0 fully saturated rings. The lowest BCUT2D eigenvalue weighted by Crippen LogP contribution is -2.50. The first-order chi connectivity index (χ1) is 14.6. The highest BCUT2D eigenvalue weighted by Crippen LogP contribution is 2.34. The van der Waals surface area contributed by atoms with Gasteiger partial charge >= 0.3 is 0 Å². The van der Waals surface area contributed by atoms with Gasteiger partial charge in [-0.1, -0.05) is 30.7 Å². The minimum atomic E-state index is -3.81. The lowest BCUT2D eigenvalue weighted by molar-refractivity contribution is -0.122. The molecular formula is C22H29ClN2O5S. The number of hydrogen-bond donors (Lipinski definition) is 1. The van der Waals surface area contributed by atoms with Crippen molar-refractivity contribution in [3.05, 3.63) is 52.5 Å². The summed E-state index contributed by atoms with van der Waals surface area (Å²) in [6.07, 6.45) is 1.30. The van der Waals surface area contributed by atoms with Crippen molar-refractivity contribution in [3.63, 3.8) is 0 Å². The van der Waals surface area contributed by atoms with Crippen molar-refractivity contribution in [1.29, 1.82) is 0 Å². The second kappa shape index (κ2) is 10.7. The summed E-state index contributed by atoms with van der Waals surface area (Å²) >= 11 is 6.09. The standard InChI is InChI=1S/C22H29ClN2O5S/c1-6-18(22(26)24-11-12-30-21-13-15(2)7-8-16(21)3)25(31(5,27)28)19-14-17(23)9-10-20(19)29-4/h7-10,13-14,18H,6,11-12H2,1-5H3,(H,24,26).